The van der Waals surface area contributed by atoms with Crippen LogP contribution in [0, 0.1) is 5.92 Å². The minimum Gasteiger partial charge on any atom is -0.465 e. The molecule has 0 bridgehead atoms. The van der Waals surface area contributed by atoms with Gasteiger partial charge in [0.25, 0.3) is 0 Å². The Morgan fingerprint density at radius 2 is 2.00 bits per heavy atom. The highest BCUT2D eigenvalue weighted by Gasteiger charge is 2.45. The van der Waals surface area contributed by atoms with Crippen LogP contribution in [0.25, 0.3) is 0 Å². The van der Waals surface area contributed by atoms with Gasteiger partial charge < -0.3 is 9.30 Å². The zero-order chi connectivity index (χ0) is 15.3. The van der Waals surface area contributed by atoms with Crippen LogP contribution < -0.4 is 0 Å². The van der Waals surface area contributed by atoms with E-state index >= 15 is 0 Å². The Kier molecular flexibility index (Phi) is 5.37. The summed E-state index contributed by atoms with van der Waals surface area (Å²) in [5.74, 6) is 1.17. The van der Waals surface area contributed by atoms with Crippen LogP contribution in [-0.2, 0) is 21.5 Å². The van der Waals surface area contributed by atoms with E-state index in [-0.39, 0.29) is 5.97 Å². The molecular weight excluding hydrogens is 266 g/mol. The predicted octanol–water partition coefficient (Wildman–Crippen LogP) is 3.09. The zero-order valence-electron chi connectivity index (χ0n) is 13.5. The second-order valence-electron chi connectivity index (χ2n) is 6.42. The van der Waals surface area contributed by atoms with E-state index < -0.39 is 5.41 Å². The molecule has 1 fully saturated rings. The normalized spacial score (nSPS) is 18.5. The maximum absolute atomic E-state index is 12.7. The van der Waals surface area contributed by atoms with Gasteiger partial charge in [-0.05, 0) is 25.7 Å². The van der Waals surface area contributed by atoms with Crippen molar-refractivity contribution in [3.63, 3.8) is 0 Å². The molecule has 1 aliphatic rings. The summed E-state index contributed by atoms with van der Waals surface area (Å²) in [6.45, 7) is 7.44. The van der Waals surface area contributed by atoms with Crippen molar-refractivity contribution in [3.05, 3.63) is 12.2 Å². The summed E-state index contributed by atoms with van der Waals surface area (Å²) in [5.41, 5.74) is -0.599. The monoisotopic (exact) mass is 293 g/mol. The highest BCUT2D eigenvalue weighted by molar-refractivity contribution is 5.82. The first kappa shape index (κ1) is 16.0. The summed E-state index contributed by atoms with van der Waals surface area (Å²) in [5, 5.41) is 8.40. The molecule has 1 aromatic heterocycles. The molecule has 1 saturated carbocycles. The van der Waals surface area contributed by atoms with Gasteiger partial charge in [0.1, 0.15) is 17.6 Å². The molecule has 5 nitrogen and oxygen atoms in total. The fraction of sp³-hybridized carbons (Fsp3) is 0.812. The molecule has 5 heteroatoms. The van der Waals surface area contributed by atoms with Gasteiger partial charge in [0, 0.05) is 6.54 Å². The first-order chi connectivity index (χ1) is 10.1. The molecule has 0 aliphatic heterocycles. The fourth-order valence-electron chi connectivity index (χ4n) is 3.27. The van der Waals surface area contributed by atoms with Crippen molar-refractivity contribution >= 4 is 5.97 Å². The molecule has 1 aromatic rings. The first-order valence-electron chi connectivity index (χ1n) is 8.15. The third kappa shape index (κ3) is 3.44. The molecule has 1 aliphatic carbocycles. The third-order valence-corrected chi connectivity index (χ3v) is 4.23. The smallest absolute Gasteiger partial charge is 0.319 e. The van der Waals surface area contributed by atoms with E-state index in [0.29, 0.717) is 12.5 Å². The minimum atomic E-state index is -0.599. The van der Waals surface area contributed by atoms with Gasteiger partial charge in [-0.1, -0.05) is 39.5 Å². The second kappa shape index (κ2) is 7.05. The van der Waals surface area contributed by atoms with Crippen molar-refractivity contribution in [1.82, 2.24) is 14.8 Å². The average Bonchev–Trinajstić information content (AvgIpc) is 2.75. The summed E-state index contributed by atoms with van der Waals surface area (Å²) in [4.78, 5) is 12.7. The molecule has 1 heterocycles. The number of hydrogen-bond acceptors (Lipinski definition) is 4. The lowest BCUT2D eigenvalue weighted by molar-refractivity contribution is -0.151. The van der Waals surface area contributed by atoms with Crippen molar-refractivity contribution in [2.75, 3.05) is 6.61 Å². The number of esters is 1. The van der Waals surface area contributed by atoms with Gasteiger partial charge in [-0.25, -0.2) is 0 Å². The third-order valence-electron chi connectivity index (χ3n) is 4.23. The number of aromatic nitrogens is 3. The van der Waals surface area contributed by atoms with E-state index in [1.807, 2.05) is 11.5 Å². The van der Waals surface area contributed by atoms with Gasteiger partial charge in [0.15, 0.2) is 0 Å². The highest BCUT2D eigenvalue weighted by atomic mass is 16.5. The molecule has 0 radical (unpaired) electrons. The number of hydrogen-bond donors (Lipinski definition) is 0. The Bertz CT molecular complexity index is 460. The zero-order valence-corrected chi connectivity index (χ0v) is 13.5. The van der Waals surface area contributed by atoms with Crippen molar-refractivity contribution in [3.8, 4) is 0 Å². The van der Waals surface area contributed by atoms with Gasteiger partial charge in [-0.2, -0.15) is 0 Å². The maximum atomic E-state index is 12.7. The Morgan fingerprint density at radius 1 is 1.33 bits per heavy atom. The van der Waals surface area contributed by atoms with E-state index in [4.69, 9.17) is 4.74 Å². The van der Waals surface area contributed by atoms with E-state index in [0.717, 1.165) is 38.1 Å². The standard InChI is InChI=1S/C16H27N3O2/c1-4-21-15(20)16(9-7-5-6-8-10-16)14-18-17-12-19(14)11-13(2)3/h12-13H,4-11H2,1-3H3. The van der Waals surface area contributed by atoms with E-state index in [9.17, 15) is 4.79 Å². The SMILES string of the molecule is CCOC(=O)C1(c2nncn2CC(C)C)CCCCCC1. The second-order valence-corrected chi connectivity index (χ2v) is 6.42. The molecule has 0 aromatic carbocycles. The van der Waals surface area contributed by atoms with E-state index in [2.05, 4.69) is 24.0 Å². The molecule has 0 saturated heterocycles. The van der Waals surface area contributed by atoms with Gasteiger partial charge in [0.05, 0.1) is 6.61 Å². The van der Waals surface area contributed by atoms with E-state index in [1.165, 1.54) is 12.8 Å². The first-order valence-corrected chi connectivity index (χ1v) is 8.15. The van der Waals surface area contributed by atoms with Gasteiger partial charge in [-0.3, -0.25) is 4.79 Å². The summed E-state index contributed by atoms with van der Waals surface area (Å²) in [7, 11) is 0. The number of nitrogens with zero attached hydrogens (tertiary/aromatic N) is 3. The number of carbonyl (C=O) groups is 1. The Hall–Kier alpha value is -1.39. The summed E-state index contributed by atoms with van der Waals surface area (Å²) < 4.78 is 7.45. The van der Waals surface area contributed by atoms with Crippen molar-refractivity contribution in [2.45, 2.75) is 71.3 Å². The summed E-state index contributed by atoms with van der Waals surface area (Å²) in [6.07, 6.45) is 7.85. The van der Waals surface area contributed by atoms with Crippen LogP contribution in [0.2, 0.25) is 0 Å². The molecule has 21 heavy (non-hydrogen) atoms. The Balaban J connectivity index is 2.39. The molecule has 0 spiro atoms. The van der Waals surface area contributed by atoms with Crippen LogP contribution in [0.15, 0.2) is 6.33 Å². The number of ether oxygens (including phenoxy) is 1. The van der Waals surface area contributed by atoms with Gasteiger partial charge in [-0.15, -0.1) is 10.2 Å². The van der Waals surface area contributed by atoms with Crippen LogP contribution in [-0.4, -0.2) is 27.3 Å². The van der Waals surface area contributed by atoms with Gasteiger partial charge in [0.2, 0.25) is 0 Å². The van der Waals surface area contributed by atoms with Crippen molar-refractivity contribution < 1.29 is 9.53 Å². The predicted molar refractivity (Wildman–Crippen MR) is 80.9 cm³/mol. The molecule has 0 atom stereocenters. The lowest BCUT2D eigenvalue weighted by Crippen LogP contribution is -2.40. The van der Waals surface area contributed by atoms with Crippen LogP contribution in [0.3, 0.4) is 0 Å². The Labute approximate surface area is 127 Å². The lowest BCUT2D eigenvalue weighted by atomic mass is 9.79. The molecule has 0 amide bonds. The average molecular weight is 293 g/mol. The topological polar surface area (TPSA) is 57.0 Å². The fourth-order valence-corrected chi connectivity index (χ4v) is 3.27. The summed E-state index contributed by atoms with van der Waals surface area (Å²) in [6, 6.07) is 0. The van der Waals surface area contributed by atoms with Crippen LogP contribution in [0.5, 0.6) is 0 Å². The van der Waals surface area contributed by atoms with Crippen LogP contribution in [0.1, 0.15) is 65.1 Å². The number of carbonyl (C=O) groups excluding carboxylic acids is 1. The Morgan fingerprint density at radius 3 is 2.57 bits per heavy atom. The van der Waals surface area contributed by atoms with Crippen LogP contribution in [0.4, 0.5) is 0 Å². The van der Waals surface area contributed by atoms with Gasteiger partial charge >= 0.3 is 5.97 Å². The lowest BCUT2D eigenvalue weighted by Gasteiger charge is -2.30. The molecule has 118 valence electrons. The van der Waals surface area contributed by atoms with Crippen molar-refractivity contribution in [2.24, 2.45) is 5.92 Å². The highest BCUT2D eigenvalue weighted by Crippen LogP contribution is 2.38. The number of rotatable bonds is 5. The molecule has 0 unspecified atom stereocenters. The minimum absolute atomic E-state index is 0.120. The maximum Gasteiger partial charge on any atom is 0.319 e. The molecule has 0 N–H and O–H groups in total. The van der Waals surface area contributed by atoms with Crippen LogP contribution >= 0.6 is 0 Å². The summed E-state index contributed by atoms with van der Waals surface area (Å²) >= 11 is 0. The van der Waals surface area contributed by atoms with Crippen molar-refractivity contribution in [1.29, 1.82) is 0 Å². The molecule has 2 rings (SSSR count). The largest absolute Gasteiger partial charge is 0.465 e. The quantitative estimate of drug-likeness (QED) is 0.618. The van der Waals surface area contributed by atoms with E-state index in [1.54, 1.807) is 6.33 Å². The molecular formula is C16H27N3O2.